The fourth-order valence-electron chi connectivity index (χ4n) is 6.24. The van der Waals surface area contributed by atoms with E-state index < -0.39 is 47.7 Å². The number of aryl methyl sites for hydroxylation is 1. The van der Waals surface area contributed by atoms with Crippen LogP contribution in [-0.2, 0) is 21.9 Å². The Morgan fingerprint density at radius 1 is 0.959 bits per heavy atom. The molecule has 2 aliphatic rings. The molecular formula is C33H37F6N7O3. The van der Waals surface area contributed by atoms with Gasteiger partial charge in [0.05, 0.1) is 59.3 Å². The molecule has 0 bridgehead atoms. The van der Waals surface area contributed by atoms with Crippen LogP contribution in [0.25, 0.3) is 0 Å². The molecule has 0 spiro atoms. The summed E-state index contributed by atoms with van der Waals surface area (Å²) < 4.78 is 89.4. The number of ether oxygens (including phenoxy) is 1. The molecule has 1 N–H and O–H groups in total. The number of hydrogen-bond donors (Lipinski definition) is 1. The van der Waals surface area contributed by atoms with Crippen LogP contribution in [0.3, 0.4) is 0 Å². The van der Waals surface area contributed by atoms with E-state index in [0.717, 1.165) is 0 Å². The molecule has 3 aromatic rings. The molecule has 4 heterocycles. The molecule has 1 aromatic carbocycles. The van der Waals surface area contributed by atoms with Crippen LogP contribution < -0.4 is 15.1 Å². The lowest BCUT2D eigenvalue weighted by Gasteiger charge is -2.40. The molecule has 1 saturated heterocycles. The Bertz CT molecular complexity index is 1630. The van der Waals surface area contributed by atoms with E-state index in [1.165, 1.54) is 24.2 Å². The van der Waals surface area contributed by atoms with Crippen molar-refractivity contribution >= 4 is 23.4 Å². The van der Waals surface area contributed by atoms with Crippen molar-refractivity contribution in [1.29, 1.82) is 0 Å². The van der Waals surface area contributed by atoms with E-state index in [1.807, 2.05) is 11.8 Å². The van der Waals surface area contributed by atoms with Gasteiger partial charge < -0.3 is 14.5 Å². The van der Waals surface area contributed by atoms with E-state index >= 15 is 0 Å². The number of carbonyl (C=O) groups excluding carboxylic acids is 2. The van der Waals surface area contributed by atoms with Crippen molar-refractivity contribution < 1.29 is 40.7 Å². The smallest absolute Gasteiger partial charge is 0.416 e. The highest BCUT2D eigenvalue weighted by atomic mass is 19.4. The number of piperazine rings is 1. The second-order valence-electron chi connectivity index (χ2n) is 12.0. The minimum Gasteiger partial charge on any atom is -0.449 e. The normalized spacial score (nSPS) is 19.0. The Hall–Kier alpha value is -4.47. The lowest BCUT2D eigenvalue weighted by Crippen LogP contribution is -2.48. The minimum atomic E-state index is -5.07. The first-order valence-corrected chi connectivity index (χ1v) is 15.9. The second-order valence-corrected chi connectivity index (χ2v) is 12.0. The van der Waals surface area contributed by atoms with Crippen LogP contribution in [0, 0.1) is 6.92 Å². The maximum Gasteiger partial charge on any atom is 0.416 e. The van der Waals surface area contributed by atoms with Crippen molar-refractivity contribution in [2.24, 2.45) is 0 Å². The zero-order valence-electron chi connectivity index (χ0n) is 27.4. The van der Waals surface area contributed by atoms with Crippen LogP contribution in [0.5, 0.6) is 0 Å². The molecule has 0 saturated carbocycles. The van der Waals surface area contributed by atoms with Gasteiger partial charge in [-0.05, 0) is 62.6 Å². The summed E-state index contributed by atoms with van der Waals surface area (Å²) in [6, 6.07) is 2.30. The quantitative estimate of drug-likeness (QED) is 0.282. The van der Waals surface area contributed by atoms with Crippen molar-refractivity contribution in [2.75, 3.05) is 42.6 Å². The average Bonchev–Trinajstić information content (AvgIpc) is 3.06. The predicted molar refractivity (Wildman–Crippen MR) is 168 cm³/mol. The number of nitrogens with one attached hydrogen (secondary N) is 1. The Balaban J connectivity index is 1.60. The first-order valence-electron chi connectivity index (χ1n) is 15.9. The summed E-state index contributed by atoms with van der Waals surface area (Å²) in [6.45, 7) is 8.80. The fourth-order valence-corrected chi connectivity index (χ4v) is 6.24. The first-order chi connectivity index (χ1) is 23.1. The number of carbonyl (C=O) groups is 2. The third-order valence-corrected chi connectivity index (χ3v) is 8.76. The standard InChI is InChI=1S/C33H37F6N7O3/c1-5-24-16-26(29-27(8-7-19(3)42-29)46(24)31(48)49-6-2)43-28(21-13-22(32(34,35)36)15-23(14-21)33(37,38)39)30-40-17-25(18-41-30)45-11-9-44(10-12-45)20(4)47/h7-8,13-15,17-18,24,26,28,43H,5-6,9-12,16H2,1-4H3/t24-,26+,28?/m1/s1. The van der Waals surface area contributed by atoms with Gasteiger partial charge in [0.15, 0.2) is 0 Å². The number of benzene rings is 1. The second kappa shape index (κ2) is 14.2. The SMILES string of the molecule is CCOC(=O)N1c2ccc(C)nc2[C@@H](NC(c2cc(C(F)(F)F)cc(C(F)(F)F)c2)c2ncc(N3CCN(C(C)=O)CC3)cn2)C[C@H]1CC. The maximum absolute atomic E-state index is 14.0. The van der Waals surface area contributed by atoms with Gasteiger partial charge in [0.2, 0.25) is 5.91 Å². The topological polar surface area (TPSA) is 104 Å². The number of nitrogens with zero attached hydrogens (tertiary/aromatic N) is 6. The summed E-state index contributed by atoms with van der Waals surface area (Å²) in [5, 5.41) is 3.24. The first kappa shape index (κ1) is 35.8. The van der Waals surface area contributed by atoms with Gasteiger partial charge >= 0.3 is 18.4 Å². The number of anilines is 2. The van der Waals surface area contributed by atoms with Gasteiger partial charge in [-0.1, -0.05) is 6.92 Å². The molecular weight excluding hydrogens is 656 g/mol. The maximum atomic E-state index is 14.0. The van der Waals surface area contributed by atoms with E-state index in [0.29, 0.717) is 67.5 Å². The van der Waals surface area contributed by atoms with E-state index in [-0.39, 0.29) is 36.4 Å². The van der Waals surface area contributed by atoms with Crippen LogP contribution in [0.1, 0.15) is 79.6 Å². The van der Waals surface area contributed by atoms with Gasteiger partial charge in [-0.25, -0.2) is 14.8 Å². The summed E-state index contributed by atoms with van der Waals surface area (Å²) in [5.41, 5.74) is -1.32. The van der Waals surface area contributed by atoms with Crippen molar-refractivity contribution in [3.63, 3.8) is 0 Å². The third kappa shape index (κ3) is 7.89. The van der Waals surface area contributed by atoms with Crippen LogP contribution in [-0.4, -0.2) is 70.7 Å². The zero-order chi connectivity index (χ0) is 35.7. The number of halogens is 6. The zero-order valence-corrected chi connectivity index (χ0v) is 27.4. The Kier molecular flexibility index (Phi) is 10.4. The number of pyridine rings is 1. The van der Waals surface area contributed by atoms with Crippen molar-refractivity contribution in [3.8, 4) is 0 Å². The van der Waals surface area contributed by atoms with Gasteiger partial charge in [-0.3, -0.25) is 20.0 Å². The van der Waals surface area contributed by atoms with Gasteiger partial charge in [-0.15, -0.1) is 0 Å². The van der Waals surface area contributed by atoms with Crippen LogP contribution in [0.4, 0.5) is 42.5 Å². The van der Waals surface area contributed by atoms with Crippen LogP contribution >= 0.6 is 0 Å². The Morgan fingerprint density at radius 2 is 1.57 bits per heavy atom. The molecule has 3 atom stereocenters. The number of amides is 2. The lowest BCUT2D eigenvalue weighted by molar-refractivity contribution is -0.143. The Morgan fingerprint density at radius 3 is 2.10 bits per heavy atom. The molecule has 0 radical (unpaired) electrons. The minimum absolute atomic E-state index is 0.0517. The predicted octanol–water partition coefficient (Wildman–Crippen LogP) is 6.45. The van der Waals surface area contributed by atoms with E-state index in [4.69, 9.17) is 4.74 Å². The molecule has 1 fully saturated rings. The molecule has 2 aliphatic heterocycles. The summed E-state index contributed by atoms with van der Waals surface area (Å²) in [4.78, 5) is 43.5. The molecule has 0 aliphatic carbocycles. The number of fused-ring (bicyclic) bond motifs is 1. The van der Waals surface area contributed by atoms with Gasteiger partial charge in [0.25, 0.3) is 0 Å². The summed E-state index contributed by atoms with van der Waals surface area (Å²) >= 11 is 0. The largest absolute Gasteiger partial charge is 0.449 e. The van der Waals surface area contributed by atoms with Gasteiger partial charge in [0, 0.05) is 44.8 Å². The number of hydrogen-bond acceptors (Lipinski definition) is 8. The molecule has 5 rings (SSSR count). The van der Waals surface area contributed by atoms with Crippen LogP contribution in [0.15, 0.2) is 42.7 Å². The van der Waals surface area contributed by atoms with E-state index in [1.54, 1.807) is 30.9 Å². The van der Waals surface area contributed by atoms with Crippen molar-refractivity contribution in [1.82, 2.24) is 25.2 Å². The van der Waals surface area contributed by atoms with Crippen LogP contribution in [0.2, 0.25) is 0 Å². The van der Waals surface area contributed by atoms with Gasteiger partial charge in [-0.2, -0.15) is 26.3 Å². The molecule has 16 heteroatoms. The lowest BCUT2D eigenvalue weighted by atomic mass is 9.91. The number of aromatic nitrogens is 3. The monoisotopic (exact) mass is 693 g/mol. The summed E-state index contributed by atoms with van der Waals surface area (Å²) in [6.07, 6.45) is -7.11. The van der Waals surface area contributed by atoms with Crippen molar-refractivity contribution in [3.05, 3.63) is 76.6 Å². The van der Waals surface area contributed by atoms with Gasteiger partial charge in [0.1, 0.15) is 5.82 Å². The summed E-state index contributed by atoms with van der Waals surface area (Å²) in [7, 11) is 0. The number of alkyl halides is 6. The summed E-state index contributed by atoms with van der Waals surface area (Å²) in [5.74, 6) is -0.113. The highest BCUT2D eigenvalue weighted by Crippen LogP contribution is 2.42. The highest BCUT2D eigenvalue weighted by Gasteiger charge is 2.41. The van der Waals surface area contributed by atoms with E-state index in [2.05, 4.69) is 20.3 Å². The molecule has 264 valence electrons. The fraction of sp³-hybridized carbons (Fsp3) is 0.485. The molecule has 1 unspecified atom stereocenters. The molecule has 2 aromatic heterocycles. The number of rotatable bonds is 7. The average molecular weight is 694 g/mol. The molecule has 2 amide bonds. The third-order valence-electron chi connectivity index (χ3n) is 8.76. The molecule has 10 nitrogen and oxygen atoms in total. The Labute approximate surface area is 279 Å². The molecule has 49 heavy (non-hydrogen) atoms. The van der Waals surface area contributed by atoms with E-state index in [9.17, 15) is 35.9 Å². The highest BCUT2D eigenvalue weighted by molar-refractivity contribution is 5.90. The van der Waals surface area contributed by atoms with Crippen molar-refractivity contribution in [2.45, 2.75) is 71.0 Å².